The molecule has 6 nitrogen and oxygen atoms in total. The van der Waals surface area contributed by atoms with Crippen molar-refractivity contribution in [2.75, 3.05) is 31.2 Å². The lowest BCUT2D eigenvalue weighted by atomic mass is 10.3. The first-order valence-corrected chi connectivity index (χ1v) is 7.05. The zero-order valence-electron chi connectivity index (χ0n) is 12.2. The van der Waals surface area contributed by atoms with E-state index in [0.29, 0.717) is 31.9 Å². The van der Waals surface area contributed by atoms with Gasteiger partial charge in [-0.25, -0.2) is 4.79 Å². The number of benzene rings is 1. The fraction of sp³-hybridized carbons (Fsp3) is 0.467. The first kappa shape index (κ1) is 17.0. The molecular weight excluding hydrogens is 272 g/mol. The number of hydrogen-bond donors (Lipinski definition) is 2. The molecule has 0 radical (unpaired) electrons. The molecule has 0 saturated heterocycles. The van der Waals surface area contributed by atoms with Crippen LogP contribution in [0.3, 0.4) is 0 Å². The molecule has 0 spiro atoms. The molecule has 21 heavy (non-hydrogen) atoms. The fourth-order valence-electron chi connectivity index (χ4n) is 1.73. The fourth-order valence-corrected chi connectivity index (χ4v) is 1.73. The van der Waals surface area contributed by atoms with Crippen LogP contribution in [0.1, 0.15) is 19.8 Å². The first-order chi connectivity index (χ1) is 10.1. The minimum absolute atomic E-state index is 0.373. The van der Waals surface area contributed by atoms with E-state index in [1.165, 1.54) is 4.90 Å². The average molecular weight is 294 g/mol. The third-order valence-electron chi connectivity index (χ3n) is 2.70. The van der Waals surface area contributed by atoms with Crippen molar-refractivity contribution in [3.8, 4) is 0 Å². The second-order valence-electron chi connectivity index (χ2n) is 4.51. The van der Waals surface area contributed by atoms with Crippen LogP contribution in [0.25, 0.3) is 0 Å². The molecule has 6 heteroatoms. The van der Waals surface area contributed by atoms with Crippen LogP contribution in [0, 0.1) is 0 Å². The number of urea groups is 1. The Morgan fingerprint density at radius 1 is 1.24 bits per heavy atom. The lowest BCUT2D eigenvalue weighted by molar-refractivity contribution is -0.135. The van der Waals surface area contributed by atoms with E-state index in [2.05, 4.69) is 5.32 Å². The van der Waals surface area contributed by atoms with Gasteiger partial charge in [0.2, 0.25) is 0 Å². The molecule has 0 bridgehead atoms. The number of amides is 2. The summed E-state index contributed by atoms with van der Waals surface area (Å²) < 4.78 is 5.32. The number of anilines is 1. The summed E-state index contributed by atoms with van der Waals surface area (Å²) in [5, 5.41) is 11.6. The Bertz CT molecular complexity index is 437. The molecule has 0 heterocycles. The van der Waals surface area contributed by atoms with Crippen molar-refractivity contribution in [2.24, 2.45) is 0 Å². The highest BCUT2D eigenvalue weighted by Crippen LogP contribution is 2.12. The van der Waals surface area contributed by atoms with Crippen molar-refractivity contribution in [1.29, 1.82) is 0 Å². The van der Waals surface area contributed by atoms with E-state index >= 15 is 0 Å². The Morgan fingerprint density at radius 3 is 2.57 bits per heavy atom. The highest BCUT2D eigenvalue weighted by atomic mass is 16.5. The van der Waals surface area contributed by atoms with E-state index in [0.717, 1.165) is 6.42 Å². The molecule has 0 fully saturated rings. The van der Waals surface area contributed by atoms with E-state index in [-0.39, 0.29) is 6.54 Å². The maximum Gasteiger partial charge on any atom is 0.323 e. The Morgan fingerprint density at radius 2 is 1.95 bits per heavy atom. The van der Waals surface area contributed by atoms with E-state index in [4.69, 9.17) is 9.84 Å². The Balaban J connectivity index is 2.47. The molecule has 0 atom stereocenters. The van der Waals surface area contributed by atoms with Gasteiger partial charge in [-0.05, 0) is 25.0 Å². The minimum Gasteiger partial charge on any atom is -0.480 e. The van der Waals surface area contributed by atoms with Crippen LogP contribution in [-0.2, 0) is 9.53 Å². The van der Waals surface area contributed by atoms with Crippen molar-refractivity contribution in [3.05, 3.63) is 30.3 Å². The van der Waals surface area contributed by atoms with Crippen LogP contribution in [-0.4, -0.2) is 43.4 Å². The summed E-state index contributed by atoms with van der Waals surface area (Å²) in [4.78, 5) is 24.2. The van der Waals surface area contributed by atoms with Gasteiger partial charge in [0.25, 0.3) is 0 Å². The van der Waals surface area contributed by atoms with Crippen molar-refractivity contribution in [1.82, 2.24) is 5.32 Å². The summed E-state index contributed by atoms with van der Waals surface area (Å²) in [5.41, 5.74) is 0.555. The minimum atomic E-state index is -1.06. The molecule has 1 aromatic rings. The molecule has 0 aliphatic heterocycles. The molecule has 1 rings (SSSR count). The van der Waals surface area contributed by atoms with Crippen molar-refractivity contribution < 1.29 is 19.4 Å². The maximum atomic E-state index is 12.1. The highest BCUT2D eigenvalue weighted by molar-refractivity contribution is 5.96. The molecular formula is C15H22N2O4. The van der Waals surface area contributed by atoms with Crippen LogP contribution in [0.5, 0.6) is 0 Å². The van der Waals surface area contributed by atoms with Gasteiger partial charge in [-0.3, -0.25) is 9.69 Å². The number of nitrogens with zero attached hydrogens (tertiary/aromatic N) is 1. The topological polar surface area (TPSA) is 78.9 Å². The number of ether oxygens (including phenoxy) is 1. The molecule has 0 aromatic heterocycles. The van der Waals surface area contributed by atoms with E-state index < -0.39 is 12.0 Å². The maximum absolute atomic E-state index is 12.1. The molecule has 0 saturated carbocycles. The number of aliphatic carboxylic acids is 1. The number of carboxylic acid groups (broad SMARTS) is 1. The third kappa shape index (κ3) is 6.76. The predicted octanol–water partition coefficient (Wildman–Crippen LogP) is 2.10. The summed E-state index contributed by atoms with van der Waals surface area (Å²) in [6.07, 6.45) is 1.66. The van der Waals surface area contributed by atoms with Crippen LogP contribution >= 0.6 is 0 Å². The zero-order chi connectivity index (χ0) is 15.5. The van der Waals surface area contributed by atoms with Gasteiger partial charge in [0, 0.05) is 25.4 Å². The number of carbonyl (C=O) groups excluding carboxylic acids is 1. The lowest BCUT2D eigenvalue weighted by Crippen LogP contribution is -2.43. The summed E-state index contributed by atoms with van der Waals surface area (Å²) >= 11 is 0. The van der Waals surface area contributed by atoms with Crippen LogP contribution in [0.2, 0.25) is 0 Å². The van der Waals surface area contributed by atoms with Gasteiger partial charge in [0.05, 0.1) is 0 Å². The standard InChI is InChI=1S/C15H22N2O4/c1-2-10-21-11-6-9-16-15(20)17(12-14(18)19)13-7-4-3-5-8-13/h3-5,7-8H,2,6,9-12H2,1H3,(H,16,20)(H,18,19). The molecule has 1 aromatic carbocycles. The number of rotatable bonds is 9. The summed E-state index contributed by atoms with van der Waals surface area (Å²) in [7, 11) is 0. The average Bonchev–Trinajstić information content (AvgIpc) is 2.49. The molecule has 2 amide bonds. The van der Waals surface area contributed by atoms with Gasteiger partial charge in [-0.1, -0.05) is 25.1 Å². The predicted molar refractivity (Wildman–Crippen MR) is 80.5 cm³/mol. The Kier molecular flexibility index (Phi) is 7.89. The van der Waals surface area contributed by atoms with Gasteiger partial charge in [0.1, 0.15) is 6.54 Å². The SMILES string of the molecule is CCCOCCCNC(=O)N(CC(=O)O)c1ccccc1. The monoisotopic (exact) mass is 294 g/mol. The van der Waals surface area contributed by atoms with Gasteiger partial charge in [-0.2, -0.15) is 0 Å². The molecule has 2 N–H and O–H groups in total. The van der Waals surface area contributed by atoms with E-state index in [1.54, 1.807) is 24.3 Å². The Hall–Kier alpha value is -2.08. The van der Waals surface area contributed by atoms with E-state index in [9.17, 15) is 9.59 Å². The zero-order valence-corrected chi connectivity index (χ0v) is 12.2. The van der Waals surface area contributed by atoms with Crippen LogP contribution in [0.15, 0.2) is 30.3 Å². The third-order valence-corrected chi connectivity index (χ3v) is 2.70. The van der Waals surface area contributed by atoms with Gasteiger partial charge in [0.15, 0.2) is 0 Å². The van der Waals surface area contributed by atoms with Gasteiger partial charge >= 0.3 is 12.0 Å². The summed E-state index contributed by atoms with van der Waals surface area (Å²) in [6, 6.07) is 8.32. The number of para-hydroxylation sites is 1. The van der Waals surface area contributed by atoms with Crippen molar-refractivity contribution in [3.63, 3.8) is 0 Å². The van der Waals surface area contributed by atoms with Gasteiger partial charge < -0.3 is 15.2 Å². The van der Waals surface area contributed by atoms with Crippen molar-refractivity contribution in [2.45, 2.75) is 19.8 Å². The quantitative estimate of drug-likeness (QED) is 0.684. The van der Waals surface area contributed by atoms with E-state index in [1.807, 2.05) is 13.0 Å². The molecule has 0 aliphatic rings. The Labute approximate surface area is 124 Å². The number of hydrogen-bond acceptors (Lipinski definition) is 3. The number of nitrogens with one attached hydrogen (secondary N) is 1. The molecule has 0 aliphatic carbocycles. The van der Waals surface area contributed by atoms with Gasteiger partial charge in [-0.15, -0.1) is 0 Å². The second kappa shape index (κ2) is 9.77. The van der Waals surface area contributed by atoms with Crippen LogP contribution in [0.4, 0.5) is 10.5 Å². The molecule has 116 valence electrons. The lowest BCUT2D eigenvalue weighted by Gasteiger charge is -2.21. The second-order valence-corrected chi connectivity index (χ2v) is 4.51. The smallest absolute Gasteiger partial charge is 0.323 e. The normalized spacial score (nSPS) is 10.1. The summed E-state index contributed by atoms with van der Waals surface area (Å²) in [6.45, 7) is 3.40. The number of carbonyl (C=O) groups is 2. The van der Waals surface area contributed by atoms with Crippen molar-refractivity contribution >= 4 is 17.7 Å². The number of carboxylic acids is 1. The largest absolute Gasteiger partial charge is 0.480 e. The van der Waals surface area contributed by atoms with Crippen LogP contribution < -0.4 is 10.2 Å². The first-order valence-electron chi connectivity index (χ1n) is 7.05. The summed E-state index contributed by atoms with van der Waals surface area (Å²) in [5.74, 6) is -1.06. The molecule has 0 unspecified atom stereocenters. The highest BCUT2D eigenvalue weighted by Gasteiger charge is 2.17.